The fourth-order valence-corrected chi connectivity index (χ4v) is 3.35. The zero-order valence-electron chi connectivity index (χ0n) is 15.2. The van der Waals surface area contributed by atoms with Crippen LogP contribution in [-0.4, -0.2) is 37.5 Å². The highest BCUT2D eigenvalue weighted by Gasteiger charge is 2.17. The summed E-state index contributed by atoms with van der Waals surface area (Å²) in [6.45, 7) is 4.07. The number of aliphatic imine (C=N–C) groups is 1. The van der Waals surface area contributed by atoms with E-state index in [1.807, 2.05) is 24.3 Å². The van der Waals surface area contributed by atoms with Crippen LogP contribution < -0.4 is 9.80 Å². The summed E-state index contributed by atoms with van der Waals surface area (Å²) >= 11 is 0. The summed E-state index contributed by atoms with van der Waals surface area (Å²) in [5.74, 6) is 0.245. The number of nitrogens with zero attached hydrogens (tertiary/aromatic N) is 3. The molecule has 1 aliphatic heterocycles. The number of piperazine rings is 1. The molecule has 0 bridgehead atoms. The zero-order valence-corrected chi connectivity index (χ0v) is 15.2. The van der Waals surface area contributed by atoms with E-state index in [0.717, 1.165) is 37.4 Å². The van der Waals surface area contributed by atoms with Crippen molar-refractivity contribution in [2.45, 2.75) is 0 Å². The molecule has 0 spiro atoms. The van der Waals surface area contributed by atoms with E-state index in [2.05, 4.69) is 57.3 Å². The minimum atomic E-state index is 0.245. The molecule has 3 aromatic rings. The molecule has 0 aliphatic carbocycles. The summed E-state index contributed by atoms with van der Waals surface area (Å²) < 4.78 is 0. The molecule has 4 rings (SSSR count). The molecular formula is C23H23N3O. The van der Waals surface area contributed by atoms with Crippen molar-refractivity contribution in [3.05, 3.63) is 84.4 Å². The Bertz CT molecular complexity index is 898. The Morgan fingerprint density at radius 1 is 0.667 bits per heavy atom. The molecule has 4 nitrogen and oxygen atoms in total. The molecule has 1 heterocycles. The van der Waals surface area contributed by atoms with Crippen molar-refractivity contribution < 1.29 is 5.11 Å². The topological polar surface area (TPSA) is 39.1 Å². The molecule has 1 saturated heterocycles. The monoisotopic (exact) mass is 357 g/mol. The molecule has 0 radical (unpaired) electrons. The van der Waals surface area contributed by atoms with E-state index in [4.69, 9.17) is 0 Å². The standard InChI is InChI=1S/C23H23N3O/c27-23-9-5-4-6-19(23)18-24-20-10-12-22(13-11-20)26-16-14-25(15-17-26)21-7-2-1-3-8-21/h1-13,18,27H,14-17H2. The van der Waals surface area contributed by atoms with E-state index in [9.17, 15) is 5.11 Å². The van der Waals surface area contributed by atoms with E-state index in [0.29, 0.717) is 0 Å². The molecule has 0 aromatic heterocycles. The van der Waals surface area contributed by atoms with Gasteiger partial charge >= 0.3 is 0 Å². The van der Waals surface area contributed by atoms with Gasteiger partial charge in [-0.15, -0.1) is 0 Å². The van der Waals surface area contributed by atoms with E-state index in [-0.39, 0.29) is 5.75 Å². The summed E-state index contributed by atoms with van der Waals surface area (Å²) in [5, 5.41) is 9.80. The first-order valence-corrected chi connectivity index (χ1v) is 9.27. The van der Waals surface area contributed by atoms with Gasteiger partial charge in [0.25, 0.3) is 0 Å². The highest BCUT2D eigenvalue weighted by molar-refractivity contribution is 5.85. The maximum Gasteiger partial charge on any atom is 0.124 e. The summed E-state index contributed by atoms with van der Waals surface area (Å²) in [4.78, 5) is 9.31. The molecule has 3 aromatic carbocycles. The lowest BCUT2D eigenvalue weighted by Crippen LogP contribution is -2.46. The first-order chi connectivity index (χ1) is 13.3. The summed E-state index contributed by atoms with van der Waals surface area (Å²) in [6.07, 6.45) is 1.70. The van der Waals surface area contributed by atoms with Crippen molar-refractivity contribution in [1.29, 1.82) is 0 Å². The normalized spacial score (nSPS) is 14.7. The Morgan fingerprint density at radius 3 is 1.85 bits per heavy atom. The quantitative estimate of drug-likeness (QED) is 0.700. The molecule has 27 heavy (non-hydrogen) atoms. The highest BCUT2D eigenvalue weighted by atomic mass is 16.3. The average Bonchev–Trinajstić information content (AvgIpc) is 2.74. The third kappa shape index (κ3) is 4.11. The zero-order chi connectivity index (χ0) is 18.5. The fourth-order valence-electron chi connectivity index (χ4n) is 3.35. The second kappa shape index (κ2) is 7.96. The van der Waals surface area contributed by atoms with E-state index >= 15 is 0 Å². The molecule has 4 heteroatoms. The van der Waals surface area contributed by atoms with Crippen molar-refractivity contribution in [2.75, 3.05) is 36.0 Å². The van der Waals surface area contributed by atoms with Gasteiger partial charge in [0.2, 0.25) is 0 Å². The van der Waals surface area contributed by atoms with Gasteiger partial charge in [-0.3, -0.25) is 4.99 Å². The number of phenols is 1. The largest absolute Gasteiger partial charge is 0.507 e. The fraction of sp³-hybridized carbons (Fsp3) is 0.174. The van der Waals surface area contributed by atoms with Gasteiger partial charge < -0.3 is 14.9 Å². The SMILES string of the molecule is Oc1ccccc1C=Nc1ccc(N2CCN(c3ccccc3)CC2)cc1. The number of para-hydroxylation sites is 2. The van der Waals surface area contributed by atoms with Gasteiger partial charge in [-0.2, -0.15) is 0 Å². The van der Waals surface area contributed by atoms with Crippen molar-refractivity contribution in [1.82, 2.24) is 0 Å². The van der Waals surface area contributed by atoms with Crippen LogP contribution in [0.5, 0.6) is 5.75 Å². The molecule has 1 N–H and O–H groups in total. The van der Waals surface area contributed by atoms with Crippen molar-refractivity contribution >= 4 is 23.3 Å². The second-order valence-electron chi connectivity index (χ2n) is 6.64. The van der Waals surface area contributed by atoms with Crippen LogP contribution in [0.4, 0.5) is 17.1 Å². The summed E-state index contributed by atoms with van der Waals surface area (Å²) in [5.41, 5.74) is 4.12. The lowest BCUT2D eigenvalue weighted by atomic mass is 10.2. The van der Waals surface area contributed by atoms with Gasteiger partial charge in [-0.25, -0.2) is 0 Å². The number of aromatic hydroxyl groups is 1. The van der Waals surface area contributed by atoms with Crippen molar-refractivity contribution in [3.8, 4) is 5.75 Å². The summed E-state index contributed by atoms with van der Waals surface area (Å²) in [6, 6.07) is 26.1. The van der Waals surface area contributed by atoms with E-state index < -0.39 is 0 Å². The van der Waals surface area contributed by atoms with Gasteiger partial charge in [0.05, 0.1) is 5.69 Å². The Labute approximate surface area is 160 Å². The van der Waals surface area contributed by atoms with Gasteiger partial charge in [-0.1, -0.05) is 30.3 Å². The van der Waals surface area contributed by atoms with Gasteiger partial charge in [0, 0.05) is 49.3 Å². The Hall–Kier alpha value is -3.27. The first kappa shape index (κ1) is 17.2. The minimum Gasteiger partial charge on any atom is -0.507 e. The van der Waals surface area contributed by atoms with Crippen LogP contribution in [0.25, 0.3) is 0 Å². The molecule has 1 aliphatic rings. The minimum absolute atomic E-state index is 0.245. The number of hydrogen-bond donors (Lipinski definition) is 1. The van der Waals surface area contributed by atoms with Gasteiger partial charge in [0.15, 0.2) is 0 Å². The molecule has 0 unspecified atom stereocenters. The van der Waals surface area contributed by atoms with Crippen LogP contribution in [0.3, 0.4) is 0 Å². The van der Waals surface area contributed by atoms with Crippen LogP contribution in [0.15, 0.2) is 83.9 Å². The number of anilines is 2. The molecule has 0 atom stereocenters. The van der Waals surface area contributed by atoms with Gasteiger partial charge in [0.1, 0.15) is 5.75 Å². The average molecular weight is 357 g/mol. The predicted molar refractivity (Wildman–Crippen MR) is 113 cm³/mol. The third-order valence-electron chi connectivity index (χ3n) is 4.91. The summed E-state index contributed by atoms with van der Waals surface area (Å²) in [7, 11) is 0. The number of rotatable bonds is 4. The lowest BCUT2D eigenvalue weighted by Gasteiger charge is -2.37. The Kier molecular flexibility index (Phi) is 5.06. The van der Waals surface area contributed by atoms with E-state index in [1.54, 1.807) is 18.3 Å². The third-order valence-corrected chi connectivity index (χ3v) is 4.91. The van der Waals surface area contributed by atoms with Crippen molar-refractivity contribution in [2.24, 2.45) is 4.99 Å². The predicted octanol–water partition coefficient (Wildman–Crippen LogP) is 4.47. The smallest absolute Gasteiger partial charge is 0.124 e. The molecular weight excluding hydrogens is 334 g/mol. The Balaban J connectivity index is 1.38. The molecule has 0 amide bonds. The lowest BCUT2D eigenvalue weighted by molar-refractivity contribution is 0.474. The number of benzene rings is 3. The molecule has 0 saturated carbocycles. The van der Waals surface area contributed by atoms with Crippen LogP contribution in [0.2, 0.25) is 0 Å². The maximum absolute atomic E-state index is 9.80. The first-order valence-electron chi connectivity index (χ1n) is 9.27. The Morgan fingerprint density at radius 2 is 1.22 bits per heavy atom. The van der Waals surface area contributed by atoms with Crippen LogP contribution in [0, 0.1) is 0 Å². The van der Waals surface area contributed by atoms with Crippen LogP contribution in [0.1, 0.15) is 5.56 Å². The highest BCUT2D eigenvalue weighted by Crippen LogP contribution is 2.23. The maximum atomic E-state index is 9.80. The number of phenolic OH excluding ortho intramolecular Hbond substituents is 1. The van der Waals surface area contributed by atoms with E-state index in [1.165, 1.54) is 11.4 Å². The number of hydrogen-bond acceptors (Lipinski definition) is 4. The molecule has 136 valence electrons. The van der Waals surface area contributed by atoms with Crippen molar-refractivity contribution in [3.63, 3.8) is 0 Å². The molecule has 1 fully saturated rings. The van der Waals surface area contributed by atoms with Crippen LogP contribution >= 0.6 is 0 Å². The van der Waals surface area contributed by atoms with Crippen LogP contribution in [-0.2, 0) is 0 Å². The van der Waals surface area contributed by atoms with Gasteiger partial charge in [-0.05, 0) is 48.5 Å². The second-order valence-corrected chi connectivity index (χ2v) is 6.64.